The Morgan fingerprint density at radius 1 is 1.44 bits per heavy atom. The monoisotopic (exact) mass is 412 g/mol. The predicted molar refractivity (Wildman–Crippen MR) is 100 cm³/mol. The van der Waals surface area contributed by atoms with Crippen LogP contribution in [0.2, 0.25) is 0 Å². The van der Waals surface area contributed by atoms with Gasteiger partial charge in [-0.3, -0.25) is 19.3 Å². The minimum atomic E-state index is -3.10. The van der Waals surface area contributed by atoms with Gasteiger partial charge in [0.15, 0.2) is 9.84 Å². The average Bonchev–Trinajstić information content (AvgIpc) is 3.29. The topological polar surface area (TPSA) is 105 Å². The van der Waals surface area contributed by atoms with Crippen LogP contribution in [0.5, 0.6) is 0 Å². The highest BCUT2D eigenvalue weighted by Crippen LogP contribution is 2.32. The zero-order valence-electron chi connectivity index (χ0n) is 14.8. The van der Waals surface area contributed by atoms with Gasteiger partial charge in [-0.2, -0.15) is 0 Å². The fraction of sp³-hybridized carbons (Fsp3) is 0.471. The van der Waals surface area contributed by atoms with Crippen LogP contribution < -0.4 is 0 Å². The van der Waals surface area contributed by atoms with Gasteiger partial charge in [0.05, 0.1) is 22.7 Å². The fourth-order valence-corrected chi connectivity index (χ4v) is 5.78. The third-order valence-electron chi connectivity index (χ3n) is 4.55. The molecule has 0 bridgehead atoms. The van der Waals surface area contributed by atoms with Gasteiger partial charge in [0.2, 0.25) is 5.91 Å². The maximum atomic E-state index is 12.5. The van der Waals surface area contributed by atoms with Crippen LogP contribution in [-0.4, -0.2) is 65.9 Å². The zero-order chi connectivity index (χ0) is 19.6. The lowest BCUT2D eigenvalue weighted by Crippen LogP contribution is -2.42. The van der Waals surface area contributed by atoms with E-state index in [2.05, 4.69) is 0 Å². The SMILES string of the molecule is CCN(C(=O)CCN1C(=O)S/C(=C\c2ccco2)C1=O)C1CCS(=O)(=O)C1. The predicted octanol–water partition coefficient (Wildman–Crippen LogP) is 1.74. The molecule has 1 aromatic rings. The van der Waals surface area contributed by atoms with Crippen molar-refractivity contribution in [2.75, 3.05) is 24.6 Å². The highest BCUT2D eigenvalue weighted by molar-refractivity contribution is 8.18. The highest BCUT2D eigenvalue weighted by atomic mass is 32.2. The van der Waals surface area contributed by atoms with Crippen molar-refractivity contribution in [3.05, 3.63) is 29.1 Å². The molecule has 2 fully saturated rings. The molecule has 2 aliphatic rings. The molecule has 0 saturated carbocycles. The van der Waals surface area contributed by atoms with Gasteiger partial charge < -0.3 is 9.32 Å². The fourth-order valence-electron chi connectivity index (χ4n) is 3.21. The first kappa shape index (κ1) is 19.7. The summed E-state index contributed by atoms with van der Waals surface area (Å²) in [7, 11) is -3.10. The van der Waals surface area contributed by atoms with Crippen LogP contribution in [0.4, 0.5) is 4.79 Å². The number of furan rings is 1. The summed E-state index contributed by atoms with van der Waals surface area (Å²) in [5, 5.41) is -0.433. The van der Waals surface area contributed by atoms with Gasteiger partial charge in [-0.25, -0.2) is 8.42 Å². The third-order valence-corrected chi connectivity index (χ3v) is 7.21. The van der Waals surface area contributed by atoms with E-state index in [0.717, 1.165) is 16.7 Å². The number of thioether (sulfide) groups is 1. The van der Waals surface area contributed by atoms with Crippen molar-refractivity contribution in [3.63, 3.8) is 0 Å². The maximum absolute atomic E-state index is 12.5. The molecule has 1 unspecified atom stereocenters. The molecule has 8 nitrogen and oxygen atoms in total. The second-order valence-corrected chi connectivity index (χ2v) is 9.56. The van der Waals surface area contributed by atoms with E-state index in [-0.39, 0.29) is 41.3 Å². The third kappa shape index (κ3) is 4.44. The normalized spacial score (nSPS) is 23.4. The summed E-state index contributed by atoms with van der Waals surface area (Å²) >= 11 is 0.805. The van der Waals surface area contributed by atoms with E-state index < -0.39 is 21.0 Å². The van der Waals surface area contributed by atoms with Crippen molar-refractivity contribution in [1.82, 2.24) is 9.80 Å². The zero-order valence-corrected chi connectivity index (χ0v) is 16.4. The van der Waals surface area contributed by atoms with Crippen LogP contribution in [0.25, 0.3) is 6.08 Å². The van der Waals surface area contributed by atoms with Gasteiger partial charge in [0, 0.05) is 31.6 Å². The molecule has 27 heavy (non-hydrogen) atoms. The number of amides is 3. The molecule has 0 aromatic carbocycles. The lowest BCUT2D eigenvalue weighted by atomic mass is 10.2. The minimum absolute atomic E-state index is 0.0277. The molecule has 0 radical (unpaired) electrons. The number of sulfone groups is 1. The summed E-state index contributed by atoms with van der Waals surface area (Å²) in [6.45, 7) is 2.14. The maximum Gasteiger partial charge on any atom is 0.293 e. The molecule has 0 aliphatic carbocycles. The van der Waals surface area contributed by atoms with Gasteiger partial charge in [0.25, 0.3) is 11.1 Å². The molecular formula is C17H20N2O6S2. The van der Waals surface area contributed by atoms with Crippen LogP contribution in [0, 0.1) is 0 Å². The Labute approximate surface area is 161 Å². The summed E-state index contributed by atoms with van der Waals surface area (Å²) < 4.78 is 28.5. The number of rotatable bonds is 6. The number of carbonyl (C=O) groups is 3. The summed E-state index contributed by atoms with van der Waals surface area (Å²) in [6.07, 6.45) is 3.36. The number of nitrogens with zero attached hydrogens (tertiary/aromatic N) is 2. The molecule has 0 N–H and O–H groups in total. The van der Waals surface area contributed by atoms with E-state index in [0.29, 0.717) is 18.7 Å². The number of imide groups is 1. The van der Waals surface area contributed by atoms with E-state index in [1.54, 1.807) is 19.1 Å². The van der Waals surface area contributed by atoms with Crippen LogP contribution in [0.3, 0.4) is 0 Å². The molecule has 3 amide bonds. The number of carbonyl (C=O) groups excluding carboxylic acids is 3. The molecule has 3 rings (SSSR count). The smallest absolute Gasteiger partial charge is 0.293 e. The molecule has 1 aromatic heterocycles. The average molecular weight is 412 g/mol. The second-order valence-electron chi connectivity index (χ2n) is 6.34. The second kappa shape index (κ2) is 7.89. The largest absolute Gasteiger partial charge is 0.465 e. The van der Waals surface area contributed by atoms with Gasteiger partial charge in [-0.15, -0.1) is 0 Å². The van der Waals surface area contributed by atoms with E-state index in [1.807, 2.05) is 0 Å². The quantitative estimate of drug-likeness (QED) is 0.655. The van der Waals surface area contributed by atoms with Crippen molar-refractivity contribution in [3.8, 4) is 0 Å². The molecule has 3 heterocycles. The Morgan fingerprint density at radius 2 is 2.22 bits per heavy atom. The molecule has 0 spiro atoms. The number of hydrogen-bond acceptors (Lipinski definition) is 7. The van der Waals surface area contributed by atoms with E-state index in [1.165, 1.54) is 17.2 Å². The first-order chi connectivity index (χ1) is 12.8. The number of hydrogen-bond donors (Lipinski definition) is 0. The summed E-state index contributed by atoms with van der Waals surface area (Å²) in [5.41, 5.74) is 0. The van der Waals surface area contributed by atoms with Gasteiger partial charge >= 0.3 is 0 Å². The molecule has 10 heteroatoms. The van der Waals surface area contributed by atoms with Gasteiger partial charge in [-0.05, 0) is 37.2 Å². The van der Waals surface area contributed by atoms with Crippen molar-refractivity contribution in [2.24, 2.45) is 0 Å². The minimum Gasteiger partial charge on any atom is -0.465 e. The Bertz CT molecular complexity index is 875. The Hall–Kier alpha value is -2.07. The lowest BCUT2D eigenvalue weighted by Gasteiger charge is -2.27. The van der Waals surface area contributed by atoms with Crippen LogP contribution in [0.1, 0.15) is 25.5 Å². The van der Waals surface area contributed by atoms with Gasteiger partial charge in [0.1, 0.15) is 5.76 Å². The Morgan fingerprint density at radius 3 is 2.81 bits per heavy atom. The van der Waals surface area contributed by atoms with Crippen molar-refractivity contribution >= 4 is 44.7 Å². The molecule has 146 valence electrons. The Balaban J connectivity index is 1.61. The highest BCUT2D eigenvalue weighted by Gasteiger charge is 2.37. The van der Waals surface area contributed by atoms with E-state index in [4.69, 9.17) is 4.42 Å². The van der Waals surface area contributed by atoms with E-state index >= 15 is 0 Å². The first-order valence-corrected chi connectivity index (χ1v) is 11.2. The summed E-state index contributed by atoms with van der Waals surface area (Å²) in [6, 6.07) is 3.02. The Kier molecular flexibility index (Phi) is 5.75. The van der Waals surface area contributed by atoms with Gasteiger partial charge in [-0.1, -0.05) is 0 Å². The van der Waals surface area contributed by atoms with Crippen molar-refractivity contribution in [1.29, 1.82) is 0 Å². The van der Waals surface area contributed by atoms with Crippen molar-refractivity contribution in [2.45, 2.75) is 25.8 Å². The summed E-state index contributed by atoms with van der Waals surface area (Å²) in [5.74, 6) is -0.187. The molecule has 2 saturated heterocycles. The molecular weight excluding hydrogens is 392 g/mol. The molecule has 1 atom stereocenters. The first-order valence-electron chi connectivity index (χ1n) is 8.59. The van der Waals surface area contributed by atoms with E-state index in [9.17, 15) is 22.8 Å². The van der Waals surface area contributed by atoms with Crippen LogP contribution in [-0.2, 0) is 19.4 Å². The van der Waals surface area contributed by atoms with Crippen molar-refractivity contribution < 1.29 is 27.2 Å². The van der Waals surface area contributed by atoms with Crippen LogP contribution in [0.15, 0.2) is 27.7 Å². The lowest BCUT2D eigenvalue weighted by molar-refractivity contribution is -0.133. The summed E-state index contributed by atoms with van der Waals surface area (Å²) in [4.78, 5) is 39.9. The standard InChI is InChI=1S/C17H20N2O6S2/c1-2-18(12-6-9-27(23,24)11-12)15(20)5-7-19-16(21)14(26-17(19)22)10-13-4-3-8-25-13/h3-4,8,10,12H,2,5-7,9,11H2,1H3/b14-10-. The molecule has 2 aliphatic heterocycles. The van der Waals surface area contributed by atoms with Crippen LogP contribution >= 0.6 is 11.8 Å².